The first-order chi connectivity index (χ1) is 15.0. The molecule has 0 fully saturated rings. The Hall–Kier alpha value is -3.49. The van der Waals surface area contributed by atoms with Gasteiger partial charge in [0.15, 0.2) is 16.7 Å². The fourth-order valence-corrected chi connectivity index (χ4v) is 4.88. The molecule has 4 heterocycles. The van der Waals surface area contributed by atoms with Gasteiger partial charge in [0.2, 0.25) is 5.78 Å². The van der Waals surface area contributed by atoms with E-state index in [-0.39, 0.29) is 11.3 Å². The first-order valence-corrected chi connectivity index (χ1v) is 10.5. The molecule has 9 heteroatoms. The second-order valence-electron chi connectivity index (χ2n) is 6.95. The van der Waals surface area contributed by atoms with Gasteiger partial charge in [0, 0.05) is 12.4 Å². The number of furan rings is 1. The first-order valence-electron chi connectivity index (χ1n) is 9.28. The Morgan fingerprint density at radius 3 is 2.74 bits per heavy atom. The first kappa shape index (κ1) is 19.5. The van der Waals surface area contributed by atoms with Gasteiger partial charge in [-0.05, 0) is 42.8 Å². The highest BCUT2D eigenvalue weighted by atomic mass is 35.5. The molecule has 1 aromatic carbocycles. The van der Waals surface area contributed by atoms with Gasteiger partial charge in [-0.15, -0.1) is 0 Å². The third kappa shape index (κ3) is 3.11. The molecular weight excluding hydrogens is 438 g/mol. The molecule has 3 aromatic heterocycles. The predicted molar refractivity (Wildman–Crippen MR) is 117 cm³/mol. The number of fused-ring (bicyclic) bond motifs is 1. The van der Waals surface area contributed by atoms with E-state index in [4.69, 9.17) is 16.0 Å². The molecule has 0 saturated heterocycles. The summed E-state index contributed by atoms with van der Waals surface area (Å²) in [5.74, 6) is -1.36. The number of aliphatic hydroxyl groups is 1. The molecule has 154 valence electrons. The van der Waals surface area contributed by atoms with Crippen LogP contribution in [0.25, 0.3) is 10.2 Å². The number of anilines is 1. The topological polar surface area (TPSA) is 96.5 Å². The van der Waals surface area contributed by atoms with Crippen LogP contribution in [0.1, 0.15) is 27.9 Å². The maximum Gasteiger partial charge on any atom is 0.296 e. The molecule has 0 spiro atoms. The van der Waals surface area contributed by atoms with Crippen LogP contribution in [0.2, 0.25) is 5.02 Å². The van der Waals surface area contributed by atoms with Gasteiger partial charge in [-0.25, -0.2) is 4.98 Å². The SMILES string of the molecule is Cc1ccc(C(=O)C2=C(O)C(=O)N(c3nc4c(Cl)cccc4s3)C2c2cccnc2)o1. The zero-order valence-corrected chi connectivity index (χ0v) is 17.6. The lowest BCUT2D eigenvalue weighted by Crippen LogP contribution is -2.31. The molecule has 0 radical (unpaired) electrons. The Kier molecular flexibility index (Phi) is 4.60. The second-order valence-corrected chi connectivity index (χ2v) is 8.37. The molecule has 7 nitrogen and oxygen atoms in total. The van der Waals surface area contributed by atoms with E-state index < -0.39 is 23.5 Å². The Morgan fingerprint density at radius 2 is 2.06 bits per heavy atom. The van der Waals surface area contributed by atoms with Crippen molar-refractivity contribution in [3.8, 4) is 0 Å². The van der Waals surface area contributed by atoms with E-state index >= 15 is 0 Å². The maximum atomic E-state index is 13.3. The zero-order chi connectivity index (χ0) is 21.7. The van der Waals surface area contributed by atoms with Gasteiger partial charge in [-0.3, -0.25) is 19.5 Å². The number of para-hydroxylation sites is 1. The number of carbonyl (C=O) groups excluding carboxylic acids is 2. The lowest BCUT2D eigenvalue weighted by atomic mass is 9.96. The highest BCUT2D eigenvalue weighted by Crippen LogP contribution is 2.44. The summed E-state index contributed by atoms with van der Waals surface area (Å²) in [7, 11) is 0. The number of Topliss-reactive ketones (excluding diaryl/α,β-unsaturated/α-hetero) is 1. The van der Waals surface area contributed by atoms with E-state index in [9.17, 15) is 14.7 Å². The lowest BCUT2D eigenvalue weighted by Gasteiger charge is -2.23. The number of nitrogens with zero attached hydrogens (tertiary/aromatic N) is 3. The number of aryl methyl sites for hydroxylation is 1. The largest absolute Gasteiger partial charge is 0.503 e. The van der Waals surface area contributed by atoms with E-state index in [1.807, 2.05) is 6.07 Å². The number of hydrogen-bond acceptors (Lipinski definition) is 7. The number of halogens is 1. The summed E-state index contributed by atoms with van der Waals surface area (Å²) in [5.41, 5.74) is 1.01. The monoisotopic (exact) mass is 451 g/mol. The van der Waals surface area contributed by atoms with E-state index in [1.54, 1.807) is 49.6 Å². The number of aromatic nitrogens is 2. The number of rotatable bonds is 4. The molecule has 1 unspecified atom stereocenters. The number of benzene rings is 1. The number of ketones is 1. The Morgan fingerprint density at radius 1 is 1.23 bits per heavy atom. The van der Waals surface area contributed by atoms with Crippen molar-refractivity contribution in [3.05, 3.63) is 88.3 Å². The molecule has 0 aliphatic carbocycles. The number of carbonyl (C=O) groups is 2. The van der Waals surface area contributed by atoms with E-state index in [1.165, 1.54) is 22.3 Å². The van der Waals surface area contributed by atoms with E-state index in [0.717, 1.165) is 4.70 Å². The normalized spacial score (nSPS) is 16.5. The molecule has 0 saturated carbocycles. The smallest absolute Gasteiger partial charge is 0.296 e. The molecule has 31 heavy (non-hydrogen) atoms. The van der Waals surface area contributed by atoms with Crippen LogP contribution in [0.15, 0.2) is 70.6 Å². The summed E-state index contributed by atoms with van der Waals surface area (Å²) in [4.78, 5) is 36.4. The third-order valence-corrected chi connectivity index (χ3v) is 6.31. The standard InChI is InChI=1S/C22H14ClN3O4S/c1-11-7-8-14(30-11)19(27)16-18(12-4-3-9-24-10-12)26(21(29)20(16)28)22-25-17-13(23)5-2-6-15(17)31-22/h2-10,18,28H,1H3. The minimum atomic E-state index is -0.918. The quantitative estimate of drug-likeness (QED) is 0.437. The summed E-state index contributed by atoms with van der Waals surface area (Å²) in [6.45, 7) is 1.71. The van der Waals surface area contributed by atoms with E-state index in [0.29, 0.717) is 27.0 Å². The van der Waals surface area contributed by atoms with Gasteiger partial charge in [-0.1, -0.05) is 35.1 Å². The molecule has 1 N–H and O–H groups in total. The van der Waals surface area contributed by atoms with Gasteiger partial charge < -0.3 is 9.52 Å². The minimum absolute atomic E-state index is 0.0370. The molecule has 1 aliphatic rings. The summed E-state index contributed by atoms with van der Waals surface area (Å²) < 4.78 is 6.24. The number of hydrogen-bond donors (Lipinski definition) is 1. The lowest BCUT2D eigenvalue weighted by molar-refractivity contribution is -0.117. The van der Waals surface area contributed by atoms with Crippen LogP contribution in [-0.2, 0) is 4.79 Å². The minimum Gasteiger partial charge on any atom is -0.503 e. The van der Waals surface area contributed by atoms with Crippen molar-refractivity contribution < 1.29 is 19.1 Å². The molecule has 1 aliphatic heterocycles. The van der Waals surface area contributed by atoms with Crippen LogP contribution in [0.4, 0.5) is 5.13 Å². The fraction of sp³-hybridized carbons (Fsp3) is 0.0909. The maximum absolute atomic E-state index is 13.3. The van der Waals surface area contributed by atoms with Crippen LogP contribution in [0.3, 0.4) is 0 Å². The summed E-state index contributed by atoms with van der Waals surface area (Å²) >= 11 is 7.50. The van der Waals surface area contributed by atoms with Crippen LogP contribution >= 0.6 is 22.9 Å². The molecule has 4 aromatic rings. The highest BCUT2D eigenvalue weighted by molar-refractivity contribution is 7.22. The number of aliphatic hydroxyl groups excluding tert-OH is 1. The number of thiazole rings is 1. The molecule has 0 bridgehead atoms. The van der Waals surface area contributed by atoms with Crippen LogP contribution in [0, 0.1) is 6.92 Å². The molecule has 1 amide bonds. The third-order valence-electron chi connectivity index (χ3n) is 4.98. The highest BCUT2D eigenvalue weighted by Gasteiger charge is 2.46. The van der Waals surface area contributed by atoms with Gasteiger partial charge >= 0.3 is 0 Å². The van der Waals surface area contributed by atoms with Crippen LogP contribution in [0.5, 0.6) is 0 Å². The van der Waals surface area contributed by atoms with Gasteiger partial charge in [0.05, 0.1) is 21.3 Å². The molecular formula is C22H14ClN3O4S. The Labute approximate surface area is 185 Å². The van der Waals surface area contributed by atoms with Crippen molar-refractivity contribution in [2.24, 2.45) is 0 Å². The average Bonchev–Trinajstić information content (AvgIpc) is 3.46. The number of pyridine rings is 1. The van der Waals surface area contributed by atoms with Crippen molar-refractivity contribution >= 4 is 50.0 Å². The summed E-state index contributed by atoms with van der Waals surface area (Å²) in [5, 5.41) is 11.5. The van der Waals surface area contributed by atoms with Gasteiger partial charge in [0.1, 0.15) is 11.3 Å². The van der Waals surface area contributed by atoms with Crippen molar-refractivity contribution in [2.45, 2.75) is 13.0 Å². The van der Waals surface area contributed by atoms with Gasteiger partial charge in [0.25, 0.3) is 5.91 Å². The van der Waals surface area contributed by atoms with Crippen LogP contribution in [-0.4, -0.2) is 26.8 Å². The van der Waals surface area contributed by atoms with Crippen molar-refractivity contribution in [3.63, 3.8) is 0 Å². The summed E-state index contributed by atoms with van der Waals surface area (Å²) in [6, 6.07) is 11.0. The van der Waals surface area contributed by atoms with Crippen molar-refractivity contribution in [2.75, 3.05) is 4.90 Å². The van der Waals surface area contributed by atoms with Crippen molar-refractivity contribution in [1.29, 1.82) is 0 Å². The van der Waals surface area contributed by atoms with E-state index in [2.05, 4.69) is 9.97 Å². The fourth-order valence-electron chi connectivity index (χ4n) is 3.58. The predicted octanol–water partition coefficient (Wildman–Crippen LogP) is 5.03. The molecule has 1 atom stereocenters. The summed E-state index contributed by atoms with van der Waals surface area (Å²) in [6.07, 6.45) is 3.13. The zero-order valence-electron chi connectivity index (χ0n) is 16.1. The average molecular weight is 452 g/mol. The Balaban J connectivity index is 1.69. The second kappa shape index (κ2) is 7.33. The molecule has 5 rings (SSSR count). The van der Waals surface area contributed by atoms with Crippen molar-refractivity contribution in [1.82, 2.24) is 9.97 Å². The Bertz CT molecular complexity index is 1380. The number of amides is 1. The van der Waals surface area contributed by atoms with Crippen LogP contribution < -0.4 is 4.90 Å². The van der Waals surface area contributed by atoms with Gasteiger partial charge in [-0.2, -0.15) is 0 Å².